The van der Waals surface area contributed by atoms with E-state index in [1.54, 1.807) is 0 Å². The SMILES string of the molecule is CC(C)C(Cl)CCc1cccs1. The molecule has 0 saturated heterocycles. The quantitative estimate of drug-likeness (QED) is 0.649. The lowest BCUT2D eigenvalue weighted by Gasteiger charge is -2.11. The fraction of sp³-hybridized carbons (Fsp3) is 0.600. The number of rotatable bonds is 4. The molecule has 0 spiro atoms. The first-order valence-electron chi connectivity index (χ1n) is 4.36. The van der Waals surface area contributed by atoms with E-state index in [2.05, 4.69) is 31.4 Å². The summed E-state index contributed by atoms with van der Waals surface area (Å²) in [6.07, 6.45) is 2.23. The van der Waals surface area contributed by atoms with Gasteiger partial charge in [0.15, 0.2) is 0 Å². The Morgan fingerprint density at radius 3 is 2.75 bits per heavy atom. The minimum Gasteiger partial charge on any atom is -0.149 e. The molecule has 0 aliphatic rings. The van der Waals surface area contributed by atoms with Gasteiger partial charge in [-0.15, -0.1) is 22.9 Å². The standard InChI is InChI=1S/C10H15ClS/c1-8(2)10(11)6-5-9-4-3-7-12-9/h3-4,7-8,10H,5-6H2,1-2H3. The van der Waals surface area contributed by atoms with E-state index in [1.807, 2.05) is 11.3 Å². The van der Waals surface area contributed by atoms with Crippen LogP contribution >= 0.6 is 22.9 Å². The van der Waals surface area contributed by atoms with Gasteiger partial charge in [0.05, 0.1) is 0 Å². The van der Waals surface area contributed by atoms with Crippen LogP contribution in [0.25, 0.3) is 0 Å². The molecule has 0 aromatic carbocycles. The second kappa shape index (κ2) is 4.88. The summed E-state index contributed by atoms with van der Waals surface area (Å²) in [5.74, 6) is 0.589. The van der Waals surface area contributed by atoms with Gasteiger partial charge in [0, 0.05) is 10.3 Å². The van der Waals surface area contributed by atoms with Crippen molar-refractivity contribution in [2.45, 2.75) is 32.1 Å². The lowest BCUT2D eigenvalue weighted by Crippen LogP contribution is -2.08. The zero-order chi connectivity index (χ0) is 8.97. The topological polar surface area (TPSA) is 0 Å². The molecule has 12 heavy (non-hydrogen) atoms. The molecule has 1 unspecified atom stereocenters. The molecule has 0 bridgehead atoms. The van der Waals surface area contributed by atoms with Crippen molar-refractivity contribution >= 4 is 22.9 Å². The van der Waals surface area contributed by atoms with Crippen molar-refractivity contribution < 1.29 is 0 Å². The third kappa shape index (κ3) is 3.16. The van der Waals surface area contributed by atoms with Gasteiger partial charge in [-0.25, -0.2) is 0 Å². The van der Waals surface area contributed by atoms with Crippen LogP contribution in [0.2, 0.25) is 0 Å². The average Bonchev–Trinajstić information content (AvgIpc) is 2.51. The van der Waals surface area contributed by atoms with Crippen molar-refractivity contribution in [3.63, 3.8) is 0 Å². The third-order valence-corrected chi connectivity index (χ3v) is 3.63. The van der Waals surface area contributed by atoms with Crippen molar-refractivity contribution in [1.29, 1.82) is 0 Å². The van der Waals surface area contributed by atoms with Crippen molar-refractivity contribution in [2.75, 3.05) is 0 Å². The molecule has 1 heterocycles. The first-order valence-corrected chi connectivity index (χ1v) is 5.68. The van der Waals surface area contributed by atoms with Gasteiger partial charge in [-0.1, -0.05) is 19.9 Å². The fourth-order valence-electron chi connectivity index (χ4n) is 1.07. The minimum absolute atomic E-state index is 0.326. The first kappa shape index (κ1) is 10.1. The minimum atomic E-state index is 0.326. The Labute approximate surface area is 83.6 Å². The lowest BCUT2D eigenvalue weighted by atomic mass is 10.1. The molecule has 0 N–H and O–H groups in total. The van der Waals surface area contributed by atoms with Crippen LogP contribution in [0.1, 0.15) is 25.1 Å². The van der Waals surface area contributed by atoms with Crippen LogP contribution in [0.4, 0.5) is 0 Å². The van der Waals surface area contributed by atoms with Gasteiger partial charge < -0.3 is 0 Å². The number of alkyl halides is 1. The number of halogens is 1. The molecule has 1 atom stereocenters. The Morgan fingerprint density at radius 2 is 2.25 bits per heavy atom. The normalized spacial score (nSPS) is 13.7. The second-order valence-electron chi connectivity index (χ2n) is 3.38. The summed E-state index contributed by atoms with van der Waals surface area (Å²) in [5, 5.41) is 2.45. The maximum Gasteiger partial charge on any atom is 0.0362 e. The van der Waals surface area contributed by atoms with Gasteiger partial charge in [-0.05, 0) is 30.2 Å². The van der Waals surface area contributed by atoms with Crippen molar-refractivity contribution in [1.82, 2.24) is 0 Å². The number of hydrogen-bond donors (Lipinski definition) is 0. The highest BCUT2D eigenvalue weighted by molar-refractivity contribution is 7.09. The van der Waals surface area contributed by atoms with Gasteiger partial charge in [-0.3, -0.25) is 0 Å². The van der Waals surface area contributed by atoms with E-state index in [-0.39, 0.29) is 0 Å². The molecule has 0 amide bonds. The van der Waals surface area contributed by atoms with Gasteiger partial charge in [0.2, 0.25) is 0 Å². The molecule has 0 saturated carbocycles. The number of thiophene rings is 1. The Bertz CT molecular complexity index is 204. The molecule has 0 nitrogen and oxygen atoms in total. The predicted molar refractivity (Wildman–Crippen MR) is 57.1 cm³/mol. The van der Waals surface area contributed by atoms with Crippen LogP contribution in [0, 0.1) is 5.92 Å². The van der Waals surface area contributed by atoms with E-state index in [4.69, 9.17) is 11.6 Å². The molecule has 0 aliphatic carbocycles. The van der Waals surface area contributed by atoms with Crippen molar-refractivity contribution in [3.05, 3.63) is 22.4 Å². The molecule has 0 radical (unpaired) electrons. The summed E-state index contributed by atoms with van der Waals surface area (Å²) < 4.78 is 0. The highest BCUT2D eigenvalue weighted by Crippen LogP contribution is 2.18. The number of aryl methyl sites for hydroxylation is 1. The first-order chi connectivity index (χ1) is 5.70. The molecule has 1 rings (SSSR count). The third-order valence-electron chi connectivity index (χ3n) is 1.97. The van der Waals surface area contributed by atoms with Gasteiger partial charge >= 0.3 is 0 Å². The maximum atomic E-state index is 6.14. The van der Waals surface area contributed by atoms with E-state index in [1.165, 1.54) is 4.88 Å². The second-order valence-corrected chi connectivity index (χ2v) is 4.97. The number of hydrogen-bond acceptors (Lipinski definition) is 1. The predicted octanol–water partition coefficient (Wildman–Crippen LogP) is 3.94. The van der Waals surface area contributed by atoms with E-state index in [0.717, 1.165) is 12.8 Å². The van der Waals surface area contributed by atoms with E-state index in [0.29, 0.717) is 11.3 Å². The van der Waals surface area contributed by atoms with E-state index >= 15 is 0 Å². The van der Waals surface area contributed by atoms with Crippen molar-refractivity contribution in [3.8, 4) is 0 Å². The Balaban J connectivity index is 2.27. The van der Waals surface area contributed by atoms with Crippen molar-refractivity contribution in [2.24, 2.45) is 5.92 Å². The van der Waals surface area contributed by atoms with Crippen LogP contribution in [0.5, 0.6) is 0 Å². The van der Waals surface area contributed by atoms with Gasteiger partial charge in [-0.2, -0.15) is 0 Å². The van der Waals surface area contributed by atoms with E-state index in [9.17, 15) is 0 Å². The van der Waals surface area contributed by atoms with Crippen LogP contribution in [0.3, 0.4) is 0 Å². The summed E-state index contributed by atoms with van der Waals surface area (Å²) in [7, 11) is 0. The molecular weight excluding hydrogens is 188 g/mol. The summed E-state index contributed by atoms with van der Waals surface area (Å²) in [5.41, 5.74) is 0. The van der Waals surface area contributed by atoms with Gasteiger partial charge in [0.1, 0.15) is 0 Å². The zero-order valence-corrected chi connectivity index (χ0v) is 9.16. The molecule has 1 aromatic rings. The monoisotopic (exact) mass is 202 g/mol. The fourth-order valence-corrected chi connectivity index (χ4v) is 1.90. The van der Waals surface area contributed by atoms with Crippen LogP contribution in [-0.4, -0.2) is 5.38 Å². The average molecular weight is 203 g/mol. The molecule has 68 valence electrons. The van der Waals surface area contributed by atoms with E-state index < -0.39 is 0 Å². The summed E-state index contributed by atoms with van der Waals surface area (Å²) in [6.45, 7) is 4.35. The summed E-state index contributed by atoms with van der Waals surface area (Å²) in [4.78, 5) is 1.45. The summed E-state index contributed by atoms with van der Waals surface area (Å²) >= 11 is 7.96. The molecular formula is C10H15ClS. The van der Waals surface area contributed by atoms with Crippen LogP contribution in [0.15, 0.2) is 17.5 Å². The summed E-state index contributed by atoms with van der Waals surface area (Å²) in [6, 6.07) is 4.27. The largest absolute Gasteiger partial charge is 0.149 e. The zero-order valence-electron chi connectivity index (χ0n) is 7.59. The molecule has 1 aromatic heterocycles. The van der Waals surface area contributed by atoms with Gasteiger partial charge in [0.25, 0.3) is 0 Å². The van der Waals surface area contributed by atoms with Crippen LogP contribution < -0.4 is 0 Å². The molecule has 2 heteroatoms. The highest BCUT2D eigenvalue weighted by Gasteiger charge is 2.09. The Morgan fingerprint density at radius 1 is 1.50 bits per heavy atom. The Hall–Kier alpha value is -0.0100. The molecule has 0 aliphatic heterocycles. The highest BCUT2D eigenvalue weighted by atomic mass is 35.5. The molecule has 0 fully saturated rings. The Kier molecular flexibility index (Phi) is 4.10. The smallest absolute Gasteiger partial charge is 0.0362 e. The lowest BCUT2D eigenvalue weighted by molar-refractivity contribution is 0.567. The van der Waals surface area contributed by atoms with Crippen LogP contribution in [-0.2, 0) is 6.42 Å². The maximum absolute atomic E-state index is 6.14.